The number of hydrogen-bond donors (Lipinski definition) is 2. The van der Waals surface area contributed by atoms with Gasteiger partial charge in [0.2, 0.25) is 15.9 Å². The van der Waals surface area contributed by atoms with E-state index in [1.807, 2.05) is 31.4 Å². The van der Waals surface area contributed by atoms with E-state index in [2.05, 4.69) is 25.5 Å². The average molecular weight is 494 g/mol. The summed E-state index contributed by atoms with van der Waals surface area (Å²) in [4.78, 5) is 21.1. The Hall–Kier alpha value is -2.48. The molecule has 13 heteroatoms. The number of rotatable bonds is 9. The first-order chi connectivity index (χ1) is 15.2. The van der Waals surface area contributed by atoms with Crippen LogP contribution in [0.5, 0.6) is 0 Å². The van der Waals surface area contributed by atoms with E-state index in [0.29, 0.717) is 28.3 Å². The second kappa shape index (κ2) is 10.4. The number of primary sulfonamides is 1. The lowest BCUT2D eigenvalue weighted by molar-refractivity contribution is -0.113. The van der Waals surface area contributed by atoms with Crippen LogP contribution in [0.25, 0.3) is 0 Å². The highest BCUT2D eigenvalue weighted by Crippen LogP contribution is 2.23. The molecule has 0 fully saturated rings. The molecule has 3 N–H and O–H groups in total. The van der Waals surface area contributed by atoms with Crippen molar-refractivity contribution in [3.05, 3.63) is 47.5 Å². The first-order valence-electron chi connectivity index (χ1n) is 9.58. The summed E-state index contributed by atoms with van der Waals surface area (Å²) < 4.78 is 24.6. The fraction of sp³-hybridized carbons (Fsp3) is 0.316. The smallest absolute Gasteiger partial charge is 0.238 e. The van der Waals surface area contributed by atoms with Crippen molar-refractivity contribution >= 4 is 45.1 Å². The number of nitrogens with two attached hydrogens (primary N) is 1. The molecule has 0 bridgehead atoms. The van der Waals surface area contributed by atoms with Gasteiger partial charge in [0.1, 0.15) is 5.82 Å². The van der Waals surface area contributed by atoms with Crippen LogP contribution in [0.3, 0.4) is 0 Å². The van der Waals surface area contributed by atoms with Gasteiger partial charge in [0.25, 0.3) is 0 Å². The Kier molecular flexibility index (Phi) is 7.87. The lowest BCUT2D eigenvalue weighted by atomic mass is 10.3. The third kappa shape index (κ3) is 6.51. The molecule has 1 aromatic carbocycles. The predicted molar refractivity (Wildman–Crippen MR) is 124 cm³/mol. The molecule has 0 spiro atoms. The largest absolute Gasteiger partial charge is 0.325 e. The topological polar surface area (TPSA) is 146 Å². The van der Waals surface area contributed by atoms with Crippen LogP contribution in [0.15, 0.2) is 45.5 Å². The van der Waals surface area contributed by atoms with Gasteiger partial charge in [0.05, 0.1) is 16.4 Å². The number of aromatic nitrogens is 5. The molecule has 0 atom stereocenters. The third-order valence-electron chi connectivity index (χ3n) is 4.20. The van der Waals surface area contributed by atoms with Crippen molar-refractivity contribution in [1.29, 1.82) is 0 Å². The lowest BCUT2D eigenvalue weighted by Crippen LogP contribution is -2.15. The Morgan fingerprint density at radius 1 is 1.09 bits per heavy atom. The summed E-state index contributed by atoms with van der Waals surface area (Å²) in [6.45, 7) is 6.51. The quantitative estimate of drug-likeness (QED) is 0.339. The summed E-state index contributed by atoms with van der Waals surface area (Å²) in [5.41, 5.74) is 2.31. The fourth-order valence-electron chi connectivity index (χ4n) is 2.79. The van der Waals surface area contributed by atoms with Crippen molar-refractivity contribution in [3.63, 3.8) is 0 Å². The Labute approximate surface area is 194 Å². The van der Waals surface area contributed by atoms with Crippen molar-refractivity contribution < 1.29 is 13.2 Å². The number of sulfonamides is 1. The number of nitrogens with one attached hydrogen (secondary N) is 1. The Bertz CT molecular complexity index is 1190. The number of anilines is 1. The van der Waals surface area contributed by atoms with E-state index in [1.165, 1.54) is 47.8 Å². The maximum absolute atomic E-state index is 12.3. The summed E-state index contributed by atoms with van der Waals surface area (Å²) in [7, 11) is -3.77. The minimum atomic E-state index is -3.77. The number of carbonyl (C=O) groups is 1. The molecule has 0 aliphatic rings. The van der Waals surface area contributed by atoms with Crippen LogP contribution in [0.1, 0.15) is 24.1 Å². The Morgan fingerprint density at radius 3 is 2.34 bits per heavy atom. The van der Waals surface area contributed by atoms with E-state index < -0.39 is 10.0 Å². The summed E-state index contributed by atoms with van der Waals surface area (Å²) in [5, 5.41) is 17.6. The highest BCUT2D eigenvalue weighted by Gasteiger charge is 2.15. The van der Waals surface area contributed by atoms with Crippen LogP contribution in [-0.4, -0.2) is 44.8 Å². The zero-order valence-corrected chi connectivity index (χ0v) is 20.2. The number of aryl methyl sites for hydroxylation is 2. The van der Waals surface area contributed by atoms with Gasteiger partial charge in [-0.15, -0.1) is 10.2 Å². The molecule has 1 amide bonds. The number of hydrogen-bond acceptors (Lipinski definition) is 9. The normalized spacial score (nSPS) is 11.5. The van der Waals surface area contributed by atoms with Crippen molar-refractivity contribution in [2.45, 2.75) is 48.3 Å². The van der Waals surface area contributed by atoms with Gasteiger partial charge in [-0.2, -0.15) is 0 Å². The van der Waals surface area contributed by atoms with Gasteiger partial charge in [0.15, 0.2) is 10.3 Å². The molecule has 0 aliphatic heterocycles. The van der Waals surface area contributed by atoms with Crippen LogP contribution in [0.2, 0.25) is 0 Å². The van der Waals surface area contributed by atoms with Gasteiger partial charge < -0.3 is 9.88 Å². The Balaban J connectivity index is 1.58. The van der Waals surface area contributed by atoms with Gasteiger partial charge in [0, 0.05) is 23.6 Å². The molecular weight excluding hydrogens is 470 g/mol. The molecule has 32 heavy (non-hydrogen) atoms. The average Bonchev–Trinajstić information content (AvgIpc) is 3.11. The van der Waals surface area contributed by atoms with Crippen molar-refractivity contribution in [2.75, 3.05) is 11.1 Å². The number of carbonyl (C=O) groups excluding carboxylic acids is 1. The maximum Gasteiger partial charge on any atom is 0.238 e. The molecule has 0 radical (unpaired) electrons. The SMILES string of the molecule is CCn1c(CSc2nc(C)cc(C)n2)nnc1SCC(=O)Nc1ccc(S(N)(=O)=O)cc1. The minimum Gasteiger partial charge on any atom is -0.325 e. The van der Waals surface area contributed by atoms with Gasteiger partial charge in [-0.25, -0.2) is 23.5 Å². The van der Waals surface area contributed by atoms with Crippen LogP contribution < -0.4 is 10.5 Å². The van der Waals surface area contributed by atoms with Crippen LogP contribution >= 0.6 is 23.5 Å². The van der Waals surface area contributed by atoms with Crippen LogP contribution in [-0.2, 0) is 27.1 Å². The number of benzene rings is 1. The number of thioether (sulfide) groups is 2. The molecule has 170 valence electrons. The summed E-state index contributed by atoms with van der Waals surface area (Å²) >= 11 is 2.76. The predicted octanol–water partition coefficient (Wildman–Crippen LogP) is 2.38. The van der Waals surface area contributed by atoms with E-state index in [0.717, 1.165) is 17.2 Å². The summed E-state index contributed by atoms with van der Waals surface area (Å²) in [5.74, 6) is 1.22. The van der Waals surface area contributed by atoms with Gasteiger partial charge >= 0.3 is 0 Å². The highest BCUT2D eigenvalue weighted by atomic mass is 32.2. The zero-order valence-electron chi connectivity index (χ0n) is 17.8. The monoisotopic (exact) mass is 493 g/mol. The van der Waals surface area contributed by atoms with Gasteiger partial charge in [-0.05, 0) is 51.1 Å². The van der Waals surface area contributed by atoms with Crippen molar-refractivity contribution in [3.8, 4) is 0 Å². The molecule has 3 aromatic rings. The lowest BCUT2D eigenvalue weighted by Gasteiger charge is -2.08. The molecule has 0 saturated heterocycles. The van der Waals surface area contributed by atoms with Crippen LogP contribution in [0, 0.1) is 13.8 Å². The maximum atomic E-state index is 12.3. The number of amides is 1. The molecule has 3 rings (SSSR count). The molecule has 0 unspecified atom stereocenters. The highest BCUT2D eigenvalue weighted by molar-refractivity contribution is 7.99. The molecule has 2 aromatic heterocycles. The van der Waals surface area contributed by atoms with E-state index in [-0.39, 0.29) is 16.6 Å². The molecule has 0 aliphatic carbocycles. The molecule has 0 saturated carbocycles. The first kappa shape index (κ1) is 24.2. The molecular formula is C19H23N7O3S3. The third-order valence-corrected chi connectivity index (χ3v) is 6.94. The van der Waals surface area contributed by atoms with Crippen molar-refractivity contribution in [2.24, 2.45) is 5.14 Å². The first-order valence-corrected chi connectivity index (χ1v) is 13.1. The fourth-order valence-corrected chi connectivity index (χ4v) is 5.02. The van der Waals surface area contributed by atoms with E-state index in [1.54, 1.807) is 0 Å². The number of nitrogens with zero attached hydrogens (tertiary/aromatic N) is 5. The van der Waals surface area contributed by atoms with E-state index >= 15 is 0 Å². The van der Waals surface area contributed by atoms with Crippen LogP contribution in [0.4, 0.5) is 5.69 Å². The summed E-state index contributed by atoms with van der Waals surface area (Å²) in [6, 6.07) is 7.58. The second-order valence-corrected chi connectivity index (χ2v) is 10.2. The van der Waals surface area contributed by atoms with E-state index in [4.69, 9.17) is 5.14 Å². The molecule has 2 heterocycles. The minimum absolute atomic E-state index is 0.0162. The van der Waals surface area contributed by atoms with Crippen molar-refractivity contribution in [1.82, 2.24) is 24.7 Å². The molecule has 10 nitrogen and oxygen atoms in total. The van der Waals surface area contributed by atoms with Gasteiger partial charge in [-0.1, -0.05) is 23.5 Å². The Morgan fingerprint density at radius 2 is 1.75 bits per heavy atom. The van der Waals surface area contributed by atoms with Gasteiger partial charge in [-0.3, -0.25) is 4.79 Å². The standard InChI is InChI=1S/C19H23N7O3S3/c1-4-26-16(10-30-18-21-12(2)9-13(3)22-18)24-25-19(26)31-11-17(27)23-14-5-7-15(8-6-14)32(20,28)29/h5-9H,4,10-11H2,1-3H3,(H,23,27)(H2,20,28,29). The summed E-state index contributed by atoms with van der Waals surface area (Å²) in [6.07, 6.45) is 0. The zero-order chi connectivity index (χ0) is 23.3. The second-order valence-electron chi connectivity index (χ2n) is 6.77. The van der Waals surface area contributed by atoms with E-state index in [9.17, 15) is 13.2 Å².